The fourth-order valence-corrected chi connectivity index (χ4v) is 6.53. The van der Waals surface area contributed by atoms with Crippen LogP contribution >= 0.6 is 0 Å². The molecule has 1 aromatic carbocycles. The molecule has 4 fully saturated rings. The van der Waals surface area contributed by atoms with E-state index in [9.17, 15) is 9.59 Å². The number of primary amides is 1. The molecule has 0 atom stereocenters. The van der Waals surface area contributed by atoms with Crippen LogP contribution in [0.3, 0.4) is 0 Å². The second kappa shape index (κ2) is 8.00. The molecule has 0 radical (unpaired) electrons. The Morgan fingerprint density at radius 3 is 2.31 bits per heavy atom. The number of rotatable bonds is 7. The molecule has 5 nitrogen and oxygen atoms in total. The maximum Gasteiger partial charge on any atom is 0.319 e. The molecular weight excluding hydrogens is 362 g/mol. The highest BCUT2D eigenvalue weighted by atomic mass is 16.2. The standard InChI is InChI=1S/C24H35N3O2/c1-16(2)15-26-22(28)20-4-3-5-21(11-20)27(23(25)29)7-6-24-12-17-8-18(13-24)10-19(9-17)14-24/h3-5,11,16-19H,6-10,12-15H2,1-2H3,(H2,25,29)(H,26,28). The number of nitrogens with two attached hydrogens (primary N) is 1. The van der Waals surface area contributed by atoms with E-state index in [2.05, 4.69) is 19.2 Å². The smallest absolute Gasteiger partial charge is 0.319 e. The minimum absolute atomic E-state index is 0.106. The summed E-state index contributed by atoms with van der Waals surface area (Å²) in [4.78, 5) is 26.4. The number of benzene rings is 1. The number of carbonyl (C=O) groups excluding carboxylic acids is 2. The molecule has 5 rings (SSSR count). The van der Waals surface area contributed by atoms with Crippen molar-refractivity contribution in [2.75, 3.05) is 18.0 Å². The van der Waals surface area contributed by atoms with Crippen LogP contribution in [0.15, 0.2) is 24.3 Å². The lowest BCUT2D eigenvalue weighted by molar-refractivity contribution is -0.0557. The van der Waals surface area contributed by atoms with E-state index in [4.69, 9.17) is 5.73 Å². The zero-order valence-corrected chi connectivity index (χ0v) is 17.8. The van der Waals surface area contributed by atoms with Crippen molar-refractivity contribution in [3.8, 4) is 0 Å². The van der Waals surface area contributed by atoms with Crippen molar-refractivity contribution in [2.24, 2.45) is 34.8 Å². The fraction of sp³-hybridized carbons (Fsp3) is 0.667. The molecule has 4 aliphatic carbocycles. The molecule has 5 heteroatoms. The maximum absolute atomic E-state index is 12.4. The van der Waals surface area contributed by atoms with Gasteiger partial charge >= 0.3 is 6.03 Å². The minimum atomic E-state index is -0.436. The summed E-state index contributed by atoms with van der Waals surface area (Å²) in [6, 6.07) is 6.86. The monoisotopic (exact) mass is 397 g/mol. The Balaban J connectivity index is 1.45. The molecular formula is C24H35N3O2. The van der Waals surface area contributed by atoms with E-state index >= 15 is 0 Å². The predicted octanol–water partition coefficient (Wildman–Crippen LogP) is 4.56. The maximum atomic E-state index is 12.4. The molecule has 3 N–H and O–H groups in total. The van der Waals surface area contributed by atoms with Crippen LogP contribution in [-0.2, 0) is 0 Å². The van der Waals surface area contributed by atoms with Crippen LogP contribution in [-0.4, -0.2) is 25.0 Å². The average molecular weight is 398 g/mol. The summed E-state index contributed by atoms with van der Waals surface area (Å²) >= 11 is 0. The molecule has 0 heterocycles. The number of hydrogen-bond donors (Lipinski definition) is 2. The Hall–Kier alpha value is -2.04. The van der Waals surface area contributed by atoms with Gasteiger partial charge in [-0.2, -0.15) is 0 Å². The molecule has 0 aromatic heterocycles. The average Bonchev–Trinajstić information content (AvgIpc) is 2.65. The van der Waals surface area contributed by atoms with Crippen LogP contribution in [0.25, 0.3) is 0 Å². The van der Waals surface area contributed by atoms with Gasteiger partial charge in [0.05, 0.1) is 0 Å². The molecule has 4 aliphatic rings. The normalized spacial score (nSPS) is 29.8. The van der Waals surface area contributed by atoms with Gasteiger partial charge in [-0.25, -0.2) is 4.79 Å². The lowest BCUT2D eigenvalue weighted by atomic mass is 9.49. The molecule has 1 aromatic rings. The van der Waals surface area contributed by atoms with Gasteiger partial charge in [0.15, 0.2) is 0 Å². The number of hydrogen-bond acceptors (Lipinski definition) is 2. The van der Waals surface area contributed by atoms with E-state index in [0.717, 1.165) is 29.9 Å². The molecule has 0 saturated heterocycles. The molecule has 0 aliphatic heterocycles. The van der Waals surface area contributed by atoms with E-state index in [-0.39, 0.29) is 5.91 Å². The predicted molar refractivity (Wildman–Crippen MR) is 116 cm³/mol. The van der Waals surface area contributed by atoms with Crippen molar-refractivity contribution in [1.82, 2.24) is 5.32 Å². The Morgan fingerprint density at radius 1 is 1.14 bits per heavy atom. The van der Waals surface area contributed by atoms with Crippen LogP contribution < -0.4 is 16.0 Å². The largest absolute Gasteiger partial charge is 0.352 e. The quantitative estimate of drug-likeness (QED) is 0.707. The fourth-order valence-electron chi connectivity index (χ4n) is 6.53. The zero-order valence-electron chi connectivity index (χ0n) is 17.8. The first-order valence-corrected chi connectivity index (χ1v) is 11.3. The first kappa shape index (κ1) is 20.2. The van der Waals surface area contributed by atoms with Gasteiger partial charge in [0.2, 0.25) is 0 Å². The van der Waals surface area contributed by atoms with Crippen LogP contribution in [0.5, 0.6) is 0 Å². The van der Waals surface area contributed by atoms with Crippen molar-refractivity contribution >= 4 is 17.6 Å². The van der Waals surface area contributed by atoms with Crippen LogP contribution in [0, 0.1) is 29.1 Å². The van der Waals surface area contributed by atoms with E-state index in [1.54, 1.807) is 17.0 Å². The molecule has 0 spiro atoms. The molecule has 4 bridgehead atoms. The topological polar surface area (TPSA) is 75.4 Å². The van der Waals surface area contributed by atoms with Gasteiger partial charge in [-0.1, -0.05) is 19.9 Å². The molecule has 0 unspecified atom stereocenters. The summed E-state index contributed by atoms with van der Waals surface area (Å²) in [5.41, 5.74) is 7.45. The SMILES string of the molecule is CC(C)CNC(=O)c1cccc(N(CCC23CC4CC(CC(C4)C2)C3)C(N)=O)c1. The van der Waals surface area contributed by atoms with E-state index in [1.807, 2.05) is 12.1 Å². The summed E-state index contributed by atoms with van der Waals surface area (Å²) in [5.74, 6) is 2.99. The number of carbonyl (C=O) groups is 2. The lowest BCUT2D eigenvalue weighted by Crippen LogP contribution is -2.48. The van der Waals surface area contributed by atoms with Gasteiger partial charge in [0.1, 0.15) is 0 Å². The lowest BCUT2D eigenvalue weighted by Gasteiger charge is -2.57. The van der Waals surface area contributed by atoms with Crippen molar-refractivity contribution in [3.05, 3.63) is 29.8 Å². The third-order valence-electron chi connectivity index (χ3n) is 7.39. The van der Waals surface area contributed by atoms with Crippen molar-refractivity contribution in [1.29, 1.82) is 0 Å². The summed E-state index contributed by atoms with van der Waals surface area (Å²) < 4.78 is 0. The second-order valence-corrected chi connectivity index (χ2v) is 10.3. The second-order valence-electron chi connectivity index (χ2n) is 10.3. The highest BCUT2D eigenvalue weighted by molar-refractivity contribution is 5.97. The molecule has 4 saturated carbocycles. The summed E-state index contributed by atoms with van der Waals surface area (Å²) in [5, 5.41) is 2.94. The molecule has 29 heavy (non-hydrogen) atoms. The van der Waals surface area contributed by atoms with Crippen LogP contribution in [0.4, 0.5) is 10.5 Å². The molecule has 158 valence electrons. The number of amides is 3. The summed E-state index contributed by atoms with van der Waals surface area (Å²) in [6.45, 7) is 5.40. The van der Waals surface area contributed by atoms with Gasteiger partial charge in [0, 0.05) is 24.3 Å². The first-order valence-electron chi connectivity index (χ1n) is 11.3. The van der Waals surface area contributed by atoms with E-state index in [1.165, 1.54) is 38.5 Å². The van der Waals surface area contributed by atoms with Gasteiger partial charge in [-0.05, 0) is 92.2 Å². The number of nitrogens with zero attached hydrogens (tertiary/aromatic N) is 1. The van der Waals surface area contributed by atoms with Crippen LogP contribution in [0.1, 0.15) is 69.2 Å². The van der Waals surface area contributed by atoms with Gasteiger partial charge in [0.25, 0.3) is 5.91 Å². The van der Waals surface area contributed by atoms with Gasteiger partial charge in [-0.3, -0.25) is 9.69 Å². The highest BCUT2D eigenvalue weighted by Gasteiger charge is 2.50. The summed E-state index contributed by atoms with van der Waals surface area (Å²) in [7, 11) is 0. The third-order valence-corrected chi connectivity index (χ3v) is 7.39. The minimum Gasteiger partial charge on any atom is -0.352 e. The number of anilines is 1. The number of nitrogens with one attached hydrogen (secondary N) is 1. The number of urea groups is 1. The van der Waals surface area contributed by atoms with Crippen molar-refractivity contribution < 1.29 is 9.59 Å². The Labute approximate surface area is 174 Å². The van der Waals surface area contributed by atoms with Gasteiger partial charge in [-0.15, -0.1) is 0 Å². The summed E-state index contributed by atoms with van der Waals surface area (Å²) in [6.07, 6.45) is 9.25. The van der Waals surface area contributed by atoms with Crippen molar-refractivity contribution in [3.63, 3.8) is 0 Å². The van der Waals surface area contributed by atoms with E-state index < -0.39 is 6.03 Å². The van der Waals surface area contributed by atoms with Crippen LogP contribution in [0.2, 0.25) is 0 Å². The highest BCUT2D eigenvalue weighted by Crippen LogP contribution is 2.61. The Bertz CT molecular complexity index is 738. The third kappa shape index (κ3) is 4.44. The molecule has 3 amide bonds. The van der Waals surface area contributed by atoms with E-state index in [0.29, 0.717) is 30.0 Å². The Kier molecular flexibility index (Phi) is 5.58. The Morgan fingerprint density at radius 2 is 1.76 bits per heavy atom. The zero-order chi connectivity index (χ0) is 20.6. The first-order chi connectivity index (χ1) is 13.8. The van der Waals surface area contributed by atoms with Crippen molar-refractivity contribution in [2.45, 2.75) is 58.8 Å². The van der Waals surface area contributed by atoms with Gasteiger partial charge < -0.3 is 11.1 Å².